The number of nitrogens with zero attached hydrogens (tertiary/aromatic N) is 1. The van der Waals surface area contributed by atoms with Gasteiger partial charge in [-0.1, -0.05) is 6.92 Å². The molecule has 0 fully saturated rings. The number of rotatable bonds is 4. The van der Waals surface area contributed by atoms with Crippen molar-refractivity contribution in [2.24, 2.45) is 5.92 Å². The van der Waals surface area contributed by atoms with E-state index in [1.807, 2.05) is 0 Å². The molecule has 0 aromatic carbocycles. The first-order valence-electron chi connectivity index (χ1n) is 4.90. The molecular weight excluding hydrogens is 230 g/mol. The van der Waals surface area contributed by atoms with Crippen LogP contribution >= 0.6 is 12.6 Å². The maximum absolute atomic E-state index is 11.9. The number of aliphatic carboxylic acids is 1. The van der Waals surface area contributed by atoms with Gasteiger partial charge in [-0.05, 0) is 6.08 Å². The Balaban J connectivity index is 2.82. The highest BCUT2D eigenvalue weighted by Gasteiger charge is 2.36. The third-order valence-corrected chi connectivity index (χ3v) is 3.05. The molecule has 0 aromatic rings. The number of amides is 1. The van der Waals surface area contributed by atoms with Gasteiger partial charge in [-0.25, -0.2) is 4.79 Å². The molecule has 0 saturated heterocycles. The van der Waals surface area contributed by atoms with Crippen LogP contribution in [0.2, 0.25) is 0 Å². The first kappa shape index (κ1) is 12.9. The molecule has 1 rings (SSSR count). The standard InChI is InChI=1S/C10H15NO4S/c1-6(5-16)9(12)11-4-7(15-2)3-8(11)10(13)14/h3,6,8,16H,4-5H2,1-2H3,(H,13,14). The van der Waals surface area contributed by atoms with Crippen LogP contribution in [-0.2, 0) is 14.3 Å². The van der Waals surface area contributed by atoms with Crippen LogP contribution in [0.4, 0.5) is 0 Å². The molecule has 1 aliphatic heterocycles. The summed E-state index contributed by atoms with van der Waals surface area (Å²) in [6.45, 7) is 1.93. The van der Waals surface area contributed by atoms with Crippen molar-refractivity contribution < 1.29 is 19.4 Å². The molecule has 90 valence electrons. The Bertz CT molecular complexity index is 329. The van der Waals surface area contributed by atoms with E-state index >= 15 is 0 Å². The minimum absolute atomic E-state index is 0.213. The Morgan fingerprint density at radius 2 is 2.38 bits per heavy atom. The second-order valence-corrected chi connectivity index (χ2v) is 4.04. The van der Waals surface area contributed by atoms with Gasteiger partial charge in [0.15, 0.2) is 6.04 Å². The fourth-order valence-corrected chi connectivity index (χ4v) is 1.65. The molecule has 1 N–H and O–H groups in total. The maximum Gasteiger partial charge on any atom is 0.330 e. The summed E-state index contributed by atoms with van der Waals surface area (Å²) < 4.78 is 4.97. The molecule has 0 radical (unpaired) electrons. The van der Waals surface area contributed by atoms with E-state index in [0.717, 1.165) is 0 Å². The predicted octanol–water partition coefficient (Wildman–Crippen LogP) is 0.378. The smallest absolute Gasteiger partial charge is 0.330 e. The lowest BCUT2D eigenvalue weighted by molar-refractivity contribution is -0.148. The van der Waals surface area contributed by atoms with Gasteiger partial charge in [-0.15, -0.1) is 0 Å². The van der Waals surface area contributed by atoms with Crippen molar-refractivity contribution in [1.29, 1.82) is 0 Å². The number of hydrogen-bond acceptors (Lipinski definition) is 4. The van der Waals surface area contributed by atoms with Gasteiger partial charge in [-0.2, -0.15) is 12.6 Å². The molecule has 1 amide bonds. The molecule has 6 heteroatoms. The van der Waals surface area contributed by atoms with E-state index in [1.54, 1.807) is 6.92 Å². The number of ether oxygens (including phenoxy) is 1. The average Bonchev–Trinajstić information content (AvgIpc) is 2.71. The zero-order valence-electron chi connectivity index (χ0n) is 9.21. The van der Waals surface area contributed by atoms with Crippen molar-refractivity contribution in [3.05, 3.63) is 11.8 Å². The number of carbonyl (C=O) groups excluding carboxylic acids is 1. The Labute approximate surface area is 99.5 Å². The molecule has 0 spiro atoms. The van der Waals surface area contributed by atoms with Gasteiger partial charge in [0, 0.05) is 11.7 Å². The first-order chi connectivity index (χ1) is 7.51. The number of thiol groups is 1. The summed E-state index contributed by atoms with van der Waals surface area (Å²) in [4.78, 5) is 24.1. The summed E-state index contributed by atoms with van der Waals surface area (Å²) in [5, 5.41) is 8.99. The van der Waals surface area contributed by atoms with E-state index in [4.69, 9.17) is 9.84 Å². The summed E-state index contributed by atoms with van der Waals surface area (Å²) in [7, 11) is 1.46. The van der Waals surface area contributed by atoms with Crippen LogP contribution in [0.3, 0.4) is 0 Å². The van der Waals surface area contributed by atoms with Crippen LogP contribution in [0.1, 0.15) is 6.92 Å². The molecule has 1 aliphatic rings. The highest BCUT2D eigenvalue weighted by molar-refractivity contribution is 7.80. The lowest BCUT2D eigenvalue weighted by Crippen LogP contribution is -2.44. The first-order valence-corrected chi connectivity index (χ1v) is 5.53. The van der Waals surface area contributed by atoms with Crippen molar-refractivity contribution >= 4 is 24.5 Å². The van der Waals surface area contributed by atoms with Crippen molar-refractivity contribution in [3.8, 4) is 0 Å². The Morgan fingerprint density at radius 1 is 1.75 bits per heavy atom. The number of carbonyl (C=O) groups is 2. The molecule has 0 bridgehead atoms. The largest absolute Gasteiger partial charge is 0.499 e. The minimum atomic E-state index is -1.05. The number of carboxylic acids is 1. The summed E-state index contributed by atoms with van der Waals surface area (Å²) in [5.74, 6) is -0.663. The summed E-state index contributed by atoms with van der Waals surface area (Å²) in [6.07, 6.45) is 1.45. The van der Waals surface area contributed by atoms with E-state index in [-0.39, 0.29) is 18.4 Å². The number of carboxylic acid groups (broad SMARTS) is 1. The topological polar surface area (TPSA) is 66.8 Å². The van der Waals surface area contributed by atoms with E-state index in [1.165, 1.54) is 18.1 Å². The van der Waals surface area contributed by atoms with Crippen molar-refractivity contribution in [3.63, 3.8) is 0 Å². The van der Waals surface area contributed by atoms with Crippen LogP contribution in [0.25, 0.3) is 0 Å². The second-order valence-electron chi connectivity index (χ2n) is 3.67. The zero-order chi connectivity index (χ0) is 12.3. The lowest BCUT2D eigenvalue weighted by Gasteiger charge is -2.24. The van der Waals surface area contributed by atoms with Crippen molar-refractivity contribution in [2.45, 2.75) is 13.0 Å². The second kappa shape index (κ2) is 5.25. The Morgan fingerprint density at radius 3 is 2.81 bits per heavy atom. The molecule has 0 aliphatic carbocycles. The SMILES string of the molecule is COC1=CC(C(=O)O)N(C(=O)C(C)CS)C1. The third-order valence-electron chi connectivity index (χ3n) is 2.50. The fourth-order valence-electron chi connectivity index (χ4n) is 1.50. The molecular formula is C10H15NO4S. The third kappa shape index (κ3) is 2.49. The summed E-state index contributed by atoms with van der Waals surface area (Å²) in [6, 6.07) is -0.926. The van der Waals surface area contributed by atoms with Gasteiger partial charge in [0.2, 0.25) is 5.91 Å². The van der Waals surface area contributed by atoms with Crippen LogP contribution in [0.15, 0.2) is 11.8 Å². The van der Waals surface area contributed by atoms with Gasteiger partial charge in [-0.3, -0.25) is 4.79 Å². The van der Waals surface area contributed by atoms with E-state index in [9.17, 15) is 9.59 Å². The van der Waals surface area contributed by atoms with Gasteiger partial charge in [0.05, 0.1) is 13.7 Å². The normalized spacial score (nSPS) is 21.6. The number of hydrogen-bond donors (Lipinski definition) is 2. The lowest BCUT2D eigenvalue weighted by atomic mass is 10.1. The Kier molecular flexibility index (Phi) is 4.23. The molecule has 5 nitrogen and oxygen atoms in total. The van der Waals surface area contributed by atoms with Crippen LogP contribution in [-0.4, -0.2) is 47.3 Å². The van der Waals surface area contributed by atoms with Gasteiger partial charge >= 0.3 is 5.97 Å². The van der Waals surface area contributed by atoms with Gasteiger partial charge in [0.1, 0.15) is 5.76 Å². The molecule has 16 heavy (non-hydrogen) atoms. The van der Waals surface area contributed by atoms with Crippen molar-refractivity contribution in [2.75, 3.05) is 19.4 Å². The molecule has 1 heterocycles. The Hall–Kier alpha value is -1.17. The molecule has 0 saturated carbocycles. The summed E-state index contributed by atoms with van der Waals surface area (Å²) >= 11 is 4.03. The monoisotopic (exact) mass is 245 g/mol. The van der Waals surface area contributed by atoms with E-state index in [0.29, 0.717) is 11.5 Å². The zero-order valence-corrected chi connectivity index (χ0v) is 10.1. The maximum atomic E-state index is 11.9. The van der Waals surface area contributed by atoms with Gasteiger partial charge in [0.25, 0.3) is 0 Å². The highest BCUT2D eigenvalue weighted by Crippen LogP contribution is 2.20. The van der Waals surface area contributed by atoms with E-state index in [2.05, 4.69) is 12.6 Å². The fraction of sp³-hybridized carbons (Fsp3) is 0.600. The molecule has 2 atom stereocenters. The van der Waals surface area contributed by atoms with Crippen LogP contribution in [0.5, 0.6) is 0 Å². The van der Waals surface area contributed by atoms with Gasteiger partial charge < -0.3 is 14.7 Å². The highest BCUT2D eigenvalue weighted by atomic mass is 32.1. The van der Waals surface area contributed by atoms with E-state index < -0.39 is 12.0 Å². The summed E-state index contributed by atoms with van der Waals surface area (Å²) in [5.41, 5.74) is 0. The van der Waals surface area contributed by atoms with Crippen molar-refractivity contribution in [1.82, 2.24) is 4.90 Å². The number of methoxy groups -OCH3 is 1. The molecule has 0 aromatic heterocycles. The predicted molar refractivity (Wildman–Crippen MR) is 61.2 cm³/mol. The van der Waals surface area contributed by atoms with Crippen LogP contribution in [0, 0.1) is 5.92 Å². The quantitative estimate of drug-likeness (QED) is 0.703. The average molecular weight is 245 g/mol. The van der Waals surface area contributed by atoms with Crippen LogP contribution < -0.4 is 0 Å². The molecule has 2 unspecified atom stereocenters. The minimum Gasteiger partial charge on any atom is -0.499 e.